The van der Waals surface area contributed by atoms with Crippen LogP contribution in [-0.4, -0.2) is 16.6 Å². The zero-order valence-electron chi connectivity index (χ0n) is 7.77. The number of carbonyl (C=O) groups excluding carboxylic acids is 2. The van der Waals surface area contributed by atoms with Crippen LogP contribution in [0.5, 0.6) is 0 Å². The Morgan fingerprint density at radius 2 is 1.93 bits per heavy atom. The number of aromatic nitrogens is 1. The molecule has 0 bridgehead atoms. The Hall–Kier alpha value is -1.51. The summed E-state index contributed by atoms with van der Waals surface area (Å²) >= 11 is 0. The normalized spacial score (nSPS) is 15.1. The van der Waals surface area contributed by atoms with Crippen molar-refractivity contribution in [3.05, 3.63) is 30.1 Å². The molecule has 1 saturated carbocycles. The lowest BCUT2D eigenvalue weighted by Crippen LogP contribution is -2.09. The van der Waals surface area contributed by atoms with Gasteiger partial charge in [0.05, 0.1) is 6.42 Å². The van der Waals surface area contributed by atoms with E-state index in [9.17, 15) is 9.59 Å². The topological polar surface area (TPSA) is 47.0 Å². The average Bonchev–Trinajstić information content (AvgIpc) is 3.02. The van der Waals surface area contributed by atoms with E-state index in [1.165, 1.54) is 0 Å². The minimum Gasteiger partial charge on any atom is -0.299 e. The van der Waals surface area contributed by atoms with Crippen LogP contribution in [0.3, 0.4) is 0 Å². The van der Waals surface area contributed by atoms with Crippen LogP contribution in [-0.2, 0) is 4.79 Å². The molecule has 0 radical (unpaired) electrons. The average molecular weight is 189 g/mol. The summed E-state index contributed by atoms with van der Waals surface area (Å²) in [6, 6.07) is 3.28. The molecule has 1 aromatic rings. The first kappa shape index (κ1) is 9.06. The zero-order valence-corrected chi connectivity index (χ0v) is 7.77. The van der Waals surface area contributed by atoms with Gasteiger partial charge in [0.1, 0.15) is 5.78 Å². The number of rotatable bonds is 4. The third-order valence-corrected chi connectivity index (χ3v) is 2.37. The summed E-state index contributed by atoms with van der Waals surface area (Å²) in [4.78, 5) is 26.7. The van der Waals surface area contributed by atoms with Gasteiger partial charge < -0.3 is 0 Å². The van der Waals surface area contributed by atoms with Gasteiger partial charge in [-0.2, -0.15) is 0 Å². The van der Waals surface area contributed by atoms with E-state index in [1.54, 1.807) is 24.5 Å². The molecule has 72 valence electrons. The molecule has 1 heterocycles. The second-order valence-electron chi connectivity index (χ2n) is 3.58. The van der Waals surface area contributed by atoms with Crippen molar-refractivity contribution >= 4 is 11.6 Å². The first-order chi connectivity index (χ1) is 6.77. The number of ketones is 2. The van der Waals surface area contributed by atoms with Crippen LogP contribution in [0, 0.1) is 5.92 Å². The van der Waals surface area contributed by atoms with Crippen LogP contribution < -0.4 is 0 Å². The summed E-state index contributed by atoms with van der Waals surface area (Å²) in [5, 5.41) is 0. The van der Waals surface area contributed by atoms with E-state index < -0.39 is 0 Å². The predicted octanol–water partition coefficient (Wildman–Crippen LogP) is 1.63. The molecule has 1 aromatic heterocycles. The van der Waals surface area contributed by atoms with Gasteiger partial charge in [-0.05, 0) is 25.0 Å². The number of carbonyl (C=O) groups is 2. The van der Waals surface area contributed by atoms with Crippen molar-refractivity contribution in [3.8, 4) is 0 Å². The number of hydrogen-bond donors (Lipinski definition) is 0. The van der Waals surface area contributed by atoms with Crippen LogP contribution in [0.2, 0.25) is 0 Å². The molecule has 0 spiro atoms. The Balaban J connectivity index is 1.98. The van der Waals surface area contributed by atoms with Gasteiger partial charge in [-0.15, -0.1) is 0 Å². The van der Waals surface area contributed by atoms with E-state index >= 15 is 0 Å². The van der Waals surface area contributed by atoms with Crippen molar-refractivity contribution in [2.24, 2.45) is 5.92 Å². The van der Waals surface area contributed by atoms with Gasteiger partial charge in [0.2, 0.25) is 0 Å². The molecule has 0 N–H and O–H groups in total. The molecule has 2 rings (SSSR count). The zero-order chi connectivity index (χ0) is 9.97. The Kier molecular flexibility index (Phi) is 2.39. The largest absolute Gasteiger partial charge is 0.299 e. The van der Waals surface area contributed by atoms with Crippen LogP contribution >= 0.6 is 0 Å². The Morgan fingerprint density at radius 3 is 2.50 bits per heavy atom. The summed E-state index contributed by atoms with van der Waals surface area (Å²) < 4.78 is 0. The molecule has 14 heavy (non-hydrogen) atoms. The molecule has 3 heteroatoms. The van der Waals surface area contributed by atoms with Gasteiger partial charge in [-0.1, -0.05) is 0 Å². The molecular weight excluding hydrogens is 178 g/mol. The standard InChI is InChI=1S/C11H11NO2/c13-10(8-1-2-8)7-11(14)9-3-5-12-6-4-9/h3-6,8H,1-2,7H2. The third-order valence-electron chi connectivity index (χ3n) is 2.37. The lowest BCUT2D eigenvalue weighted by atomic mass is 10.1. The van der Waals surface area contributed by atoms with E-state index in [0.29, 0.717) is 5.56 Å². The van der Waals surface area contributed by atoms with Gasteiger partial charge in [-0.25, -0.2) is 0 Å². The fraction of sp³-hybridized carbons (Fsp3) is 0.364. The summed E-state index contributed by atoms with van der Waals surface area (Å²) in [5.41, 5.74) is 0.578. The van der Waals surface area contributed by atoms with E-state index in [0.717, 1.165) is 12.8 Å². The lowest BCUT2D eigenvalue weighted by Gasteiger charge is -1.98. The second-order valence-corrected chi connectivity index (χ2v) is 3.58. The van der Waals surface area contributed by atoms with Crippen molar-refractivity contribution in [1.82, 2.24) is 4.98 Å². The summed E-state index contributed by atoms with van der Waals surface area (Å²) in [6.45, 7) is 0. The Morgan fingerprint density at radius 1 is 1.29 bits per heavy atom. The maximum absolute atomic E-state index is 11.5. The minimum absolute atomic E-state index is 0.0503. The smallest absolute Gasteiger partial charge is 0.170 e. The van der Waals surface area contributed by atoms with Crippen LogP contribution in [0.25, 0.3) is 0 Å². The van der Waals surface area contributed by atoms with E-state index in [-0.39, 0.29) is 23.9 Å². The van der Waals surface area contributed by atoms with Gasteiger partial charge in [0, 0.05) is 23.9 Å². The van der Waals surface area contributed by atoms with E-state index in [2.05, 4.69) is 4.98 Å². The highest BCUT2D eigenvalue weighted by Gasteiger charge is 2.30. The highest BCUT2D eigenvalue weighted by Crippen LogP contribution is 2.31. The fourth-order valence-corrected chi connectivity index (χ4v) is 1.35. The van der Waals surface area contributed by atoms with Crippen molar-refractivity contribution in [2.75, 3.05) is 0 Å². The molecule has 1 fully saturated rings. The predicted molar refractivity (Wildman–Crippen MR) is 50.9 cm³/mol. The van der Waals surface area contributed by atoms with Crippen molar-refractivity contribution in [3.63, 3.8) is 0 Å². The third kappa shape index (κ3) is 2.05. The summed E-state index contributed by atoms with van der Waals surface area (Å²) in [7, 11) is 0. The fourth-order valence-electron chi connectivity index (χ4n) is 1.35. The maximum atomic E-state index is 11.5. The minimum atomic E-state index is -0.0932. The quantitative estimate of drug-likeness (QED) is 0.534. The van der Waals surface area contributed by atoms with Crippen LogP contribution in [0.1, 0.15) is 29.6 Å². The first-order valence-electron chi connectivity index (χ1n) is 4.73. The van der Waals surface area contributed by atoms with E-state index in [4.69, 9.17) is 0 Å². The second kappa shape index (κ2) is 3.70. The molecule has 0 atom stereocenters. The maximum Gasteiger partial charge on any atom is 0.170 e. The van der Waals surface area contributed by atoms with E-state index in [1.807, 2.05) is 0 Å². The Labute approximate surface area is 82.2 Å². The lowest BCUT2D eigenvalue weighted by molar-refractivity contribution is -0.119. The summed E-state index contributed by atoms with van der Waals surface area (Å²) in [6.07, 6.45) is 5.10. The highest BCUT2D eigenvalue weighted by atomic mass is 16.1. The molecule has 0 aliphatic heterocycles. The highest BCUT2D eigenvalue weighted by molar-refractivity contribution is 6.08. The summed E-state index contributed by atoms with van der Waals surface area (Å²) in [5.74, 6) is 0.164. The van der Waals surface area contributed by atoms with Gasteiger partial charge >= 0.3 is 0 Å². The molecule has 3 nitrogen and oxygen atoms in total. The molecule has 0 aromatic carbocycles. The van der Waals surface area contributed by atoms with Crippen LogP contribution in [0.4, 0.5) is 0 Å². The molecule has 1 aliphatic carbocycles. The monoisotopic (exact) mass is 189 g/mol. The molecule has 0 saturated heterocycles. The van der Waals surface area contributed by atoms with Crippen molar-refractivity contribution in [1.29, 1.82) is 0 Å². The van der Waals surface area contributed by atoms with Gasteiger partial charge in [0.15, 0.2) is 5.78 Å². The van der Waals surface area contributed by atoms with Crippen LogP contribution in [0.15, 0.2) is 24.5 Å². The Bertz CT molecular complexity index is 355. The number of hydrogen-bond acceptors (Lipinski definition) is 3. The molecule has 1 aliphatic rings. The van der Waals surface area contributed by atoms with Gasteiger partial charge in [-0.3, -0.25) is 14.6 Å². The van der Waals surface area contributed by atoms with Crippen molar-refractivity contribution in [2.45, 2.75) is 19.3 Å². The number of pyridine rings is 1. The number of Topliss-reactive ketones (excluding diaryl/α,β-unsaturated/α-hetero) is 2. The first-order valence-corrected chi connectivity index (χ1v) is 4.73. The molecule has 0 unspecified atom stereocenters. The van der Waals surface area contributed by atoms with Crippen molar-refractivity contribution < 1.29 is 9.59 Å². The molecule has 0 amide bonds. The van der Waals surface area contributed by atoms with Gasteiger partial charge in [0.25, 0.3) is 0 Å². The SMILES string of the molecule is O=C(CC(=O)C1CC1)c1ccncc1. The molecular formula is C11H11NO2. The number of nitrogens with zero attached hydrogens (tertiary/aromatic N) is 1.